The molecule has 0 saturated heterocycles. The molecule has 5 heteroatoms. The SMILES string of the molecule is C[C@@H](NC(=O)NC12CC3CC(CC(C3)C1)C2)C(=O)[O-]. The Kier molecular flexibility index (Phi) is 2.95. The summed E-state index contributed by atoms with van der Waals surface area (Å²) in [6.45, 7) is 1.43. The molecule has 4 rings (SSSR count). The highest BCUT2D eigenvalue weighted by atomic mass is 16.4. The van der Waals surface area contributed by atoms with Crippen molar-refractivity contribution in [3.05, 3.63) is 0 Å². The molecular weight excluding hydrogens is 244 g/mol. The molecule has 0 aliphatic heterocycles. The summed E-state index contributed by atoms with van der Waals surface area (Å²) in [4.78, 5) is 22.6. The normalized spacial score (nSPS) is 40.8. The number of rotatable bonds is 3. The third-order valence-corrected chi connectivity index (χ3v) is 5.12. The van der Waals surface area contributed by atoms with E-state index in [0.717, 1.165) is 37.0 Å². The van der Waals surface area contributed by atoms with Crippen LogP contribution in [0, 0.1) is 17.8 Å². The number of hydrogen-bond acceptors (Lipinski definition) is 3. The average molecular weight is 265 g/mol. The van der Waals surface area contributed by atoms with E-state index in [1.165, 1.54) is 26.2 Å². The number of amides is 2. The first-order valence-corrected chi connectivity index (χ1v) is 7.25. The molecule has 4 fully saturated rings. The summed E-state index contributed by atoms with van der Waals surface area (Å²) in [5, 5.41) is 16.2. The van der Waals surface area contributed by atoms with Crippen molar-refractivity contribution >= 4 is 12.0 Å². The minimum atomic E-state index is -1.25. The molecule has 0 heterocycles. The van der Waals surface area contributed by atoms with Gasteiger partial charge in [-0.3, -0.25) is 0 Å². The fourth-order valence-electron chi connectivity index (χ4n) is 4.80. The van der Waals surface area contributed by atoms with Gasteiger partial charge in [0.25, 0.3) is 0 Å². The summed E-state index contributed by atoms with van der Waals surface area (Å²) in [6.07, 6.45) is 7.14. The Hall–Kier alpha value is -1.26. The van der Waals surface area contributed by atoms with E-state index in [2.05, 4.69) is 10.6 Å². The highest BCUT2D eigenvalue weighted by Crippen LogP contribution is 2.55. The Balaban J connectivity index is 1.63. The Labute approximate surface area is 113 Å². The number of carboxylic acid groups (broad SMARTS) is 1. The predicted molar refractivity (Wildman–Crippen MR) is 67.0 cm³/mol. The van der Waals surface area contributed by atoms with Crippen molar-refractivity contribution in [3.63, 3.8) is 0 Å². The first kappa shape index (κ1) is 12.8. The maximum atomic E-state index is 11.9. The summed E-state index contributed by atoms with van der Waals surface area (Å²) >= 11 is 0. The number of aliphatic carboxylic acids is 1. The van der Waals surface area contributed by atoms with E-state index in [1.54, 1.807) is 0 Å². The largest absolute Gasteiger partial charge is 0.548 e. The number of urea groups is 1. The molecule has 0 aromatic rings. The minimum Gasteiger partial charge on any atom is -0.548 e. The Morgan fingerprint density at radius 1 is 1.11 bits per heavy atom. The molecule has 2 N–H and O–H groups in total. The summed E-state index contributed by atoms with van der Waals surface area (Å²) in [7, 11) is 0. The smallest absolute Gasteiger partial charge is 0.315 e. The van der Waals surface area contributed by atoms with Crippen LogP contribution in [-0.2, 0) is 4.79 Å². The van der Waals surface area contributed by atoms with Crippen LogP contribution in [-0.4, -0.2) is 23.6 Å². The molecule has 0 radical (unpaired) electrons. The van der Waals surface area contributed by atoms with Gasteiger partial charge in [-0.15, -0.1) is 0 Å². The zero-order chi connectivity index (χ0) is 13.6. The van der Waals surface area contributed by atoms with E-state index in [0.29, 0.717) is 0 Å². The van der Waals surface area contributed by atoms with Gasteiger partial charge >= 0.3 is 6.03 Å². The van der Waals surface area contributed by atoms with Crippen LogP contribution in [0.3, 0.4) is 0 Å². The summed E-state index contributed by atoms with van der Waals surface area (Å²) < 4.78 is 0. The third-order valence-electron chi connectivity index (χ3n) is 5.12. The molecule has 0 spiro atoms. The molecule has 106 valence electrons. The third kappa shape index (κ3) is 2.42. The fourth-order valence-corrected chi connectivity index (χ4v) is 4.80. The van der Waals surface area contributed by atoms with Crippen molar-refractivity contribution in [3.8, 4) is 0 Å². The molecule has 19 heavy (non-hydrogen) atoms. The maximum Gasteiger partial charge on any atom is 0.315 e. The van der Waals surface area contributed by atoms with E-state index in [1.807, 2.05) is 0 Å². The van der Waals surface area contributed by atoms with Gasteiger partial charge in [0, 0.05) is 5.54 Å². The second-order valence-electron chi connectivity index (χ2n) is 6.84. The number of hydrogen-bond donors (Lipinski definition) is 2. The lowest BCUT2D eigenvalue weighted by Gasteiger charge is -2.56. The average Bonchev–Trinajstić information content (AvgIpc) is 2.25. The van der Waals surface area contributed by atoms with Crippen molar-refractivity contribution in [2.45, 2.75) is 57.0 Å². The predicted octanol–water partition coefficient (Wildman–Crippen LogP) is 0.393. The van der Waals surface area contributed by atoms with Gasteiger partial charge in [-0.05, 0) is 63.2 Å². The van der Waals surface area contributed by atoms with E-state index in [-0.39, 0.29) is 11.6 Å². The van der Waals surface area contributed by atoms with E-state index in [4.69, 9.17) is 0 Å². The molecule has 4 saturated carbocycles. The van der Waals surface area contributed by atoms with Gasteiger partial charge in [-0.2, -0.15) is 0 Å². The zero-order valence-electron chi connectivity index (χ0n) is 11.3. The number of carbonyl (C=O) groups excluding carboxylic acids is 2. The van der Waals surface area contributed by atoms with Crippen LogP contribution in [0.1, 0.15) is 45.4 Å². The second-order valence-corrected chi connectivity index (χ2v) is 6.84. The molecule has 2 amide bonds. The molecule has 0 aromatic heterocycles. The lowest BCUT2D eigenvalue weighted by Crippen LogP contribution is -2.62. The van der Waals surface area contributed by atoms with Gasteiger partial charge < -0.3 is 20.5 Å². The molecule has 1 atom stereocenters. The van der Waals surface area contributed by atoms with Crippen molar-refractivity contribution in [1.82, 2.24) is 10.6 Å². The standard InChI is InChI=1S/C14H22N2O3/c1-8(12(17)18)15-13(19)16-14-5-9-2-10(6-14)4-11(3-9)7-14/h8-11H,2-7H2,1H3,(H,17,18)(H2,15,16,19)/p-1/t8-,9?,10?,11?,14?/m1/s1. The summed E-state index contributed by atoms with van der Waals surface area (Å²) in [6, 6.07) is -1.31. The quantitative estimate of drug-likeness (QED) is 0.774. The monoisotopic (exact) mass is 265 g/mol. The maximum absolute atomic E-state index is 11.9. The van der Waals surface area contributed by atoms with Crippen LogP contribution in [0.25, 0.3) is 0 Å². The van der Waals surface area contributed by atoms with Crippen molar-refractivity contribution in [2.75, 3.05) is 0 Å². The highest BCUT2D eigenvalue weighted by molar-refractivity contribution is 5.81. The molecule has 4 aliphatic rings. The second kappa shape index (κ2) is 4.39. The van der Waals surface area contributed by atoms with E-state index in [9.17, 15) is 14.7 Å². The molecule has 0 unspecified atom stereocenters. The number of nitrogens with one attached hydrogen (secondary N) is 2. The lowest BCUT2D eigenvalue weighted by molar-refractivity contribution is -0.307. The molecule has 0 aromatic carbocycles. The van der Waals surface area contributed by atoms with Gasteiger partial charge in [0.15, 0.2) is 0 Å². The van der Waals surface area contributed by atoms with E-state index < -0.39 is 12.0 Å². The highest BCUT2D eigenvalue weighted by Gasteiger charge is 2.51. The molecule has 5 nitrogen and oxygen atoms in total. The summed E-state index contributed by atoms with van der Waals surface area (Å²) in [5.41, 5.74) is -0.0789. The van der Waals surface area contributed by atoms with Crippen molar-refractivity contribution in [2.24, 2.45) is 17.8 Å². The summed E-state index contributed by atoms with van der Waals surface area (Å²) in [5.74, 6) is 1.01. The van der Waals surface area contributed by atoms with Gasteiger partial charge in [0.1, 0.15) is 0 Å². The Morgan fingerprint density at radius 2 is 1.58 bits per heavy atom. The van der Waals surface area contributed by atoms with Crippen LogP contribution in [0.4, 0.5) is 4.79 Å². The van der Waals surface area contributed by atoms with Gasteiger partial charge in [-0.25, -0.2) is 4.79 Å². The zero-order valence-corrected chi connectivity index (χ0v) is 11.3. The van der Waals surface area contributed by atoms with Crippen molar-refractivity contribution < 1.29 is 14.7 Å². The Bertz CT molecular complexity index is 372. The van der Waals surface area contributed by atoms with Gasteiger partial charge in [0.2, 0.25) is 0 Å². The van der Waals surface area contributed by atoms with Crippen LogP contribution in [0.2, 0.25) is 0 Å². The van der Waals surface area contributed by atoms with Crippen LogP contribution in [0.5, 0.6) is 0 Å². The van der Waals surface area contributed by atoms with Gasteiger partial charge in [-0.1, -0.05) is 0 Å². The lowest BCUT2D eigenvalue weighted by atomic mass is 9.53. The first-order chi connectivity index (χ1) is 8.96. The van der Waals surface area contributed by atoms with Crippen LogP contribution >= 0.6 is 0 Å². The van der Waals surface area contributed by atoms with Gasteiger partial charge in [0.05, 0.1) is 12.0 Å². The number of carboxylic acids is 1. The molecular formula is C14H21N2O3-. The minimum absolute atomic E-state index is 0.0789. The molecule has 4 bridgehead atoms. The fraction of sp³-hybridized carbons (Fsp3) is 0.857. The first-order valence-electron chi connectivity index (χ1n) is 7.25. The van der Waals surface area contributed by atoms with Crippen molar-refractivity contribution in [1.29, 1.82) is 0 Å². The van der Waals surface area contributed by atoms with E-state index >= 15 is 0 Å². The number of carbonyl (C=O) groups is 2. The van der Waals surface area contributed by atoms with Crippen LogP contribution in [0.15, 0.2) is 0 Å². The Morgan fingerprint density at radius 3 is 2.00 bits per heavy atom. The molecule has 4 aliphatic carbocycles. The topological polar surface area (TPSA) is 81.3 Å². The van der Waals surface area contributed by atoms with Crippen LogP contribution < -0.4 is 15.7 Å².